The third-order valence-electron chi connectivity index (χ3n) is 4.15. The Morgan fingerprint density at radius 3 is 2.52 bits per heavy atom. The summed E-state index contributed by atoms with van der Waals surface area (Å²) in [5, 5.41) is 2.79. The number of anilines is 1. The molecule has 0 aromatic heterocycles. The van der Waals surface area contributed by atoms with Gasteiger partial charge in [0.2, 0.25) is 15.9 Å². The first kappa shape index (κ1) is 19.2. The van der Waals surface area contributed by atoms with Crippen LogP contribution in [0.4, 0.5) is 5.69 Å². The molecule has 0 fully saturated rings. The molecule has 2 aromatic carbocycles. The van der Waals surface area contributed by atoms with Crippen LogP contribution in [0, 0.1) is 0 Å². The van der Waals surface area contributed by atoms with Gasteiger partial charge < -0.3 is 14.8 Å². The number of ether oxygens (including phenoxy) is 2. The maximum Gasteiger partial charge on any atom is 0.242 e. The molecule has 144 valence electrons. The van der Waals surface area contributed by atoms with E-state index in [0.717, 1.165) is 0 Å². The minimum Gasteiger partial charge on any atom is -0.486 e. The Hall–Kier alpha value is -2.58. The molecule has 27 heavy (non-hydrogen) atoms. The molecule has 2 aromatic rings. The summed E-state index contributed by atoms with van der Waals surface area (Å²) in [7, 11) is -2.02. The molecule has 3 rings (SSSR count). The summed E-state index contributed by atoms with van der Waals surface area (Å²) in [5.74, 6) is 1.08. The fourth-order valence-corrected chi connectivity index (χ4v) is 3.93. The Balaban J connectivity index is 1.49. The highest BCUT2D eigenvalue weighted by Crippen LogP contribution is 2.32. The summed E-state index contributed by atoms with van der Waals surface area (Å²) in [6.45, 7) is 1.25. The van der Waals surface area contributed by atoms with Crippen LogP contribution in [-0.2, 0) is 14.8 Å². The van der Waals surface area contributed by atoms with E-state index < -0.39 is 10.0 Å². The van der Waals surface area contributed by atoms with Gasteiger partial charge >= 0.3 is 0 Å². The van der Waals surface area contributed by atoms with Crippen molar-refractivity contribution in [2.45, 2.75) is 17.7 Å². The van der Waals surface area contributed by atoms with Crippen LogP contribution in [-0.4, -0.2) is 45.4 Å². The monoisotopic (exact) mass is 390 g/mol. The average molecular weight is 390 g/mol. The maximum absolute atomic E-state index is 12.4. The molecule has 1 N–H and O–H groups in total. The van der Waals surface area contributed by atoms with E-state index in [1.165, 1.54) is 11.4 Å². The summed E-state index contributed by atoms with van der Waals surface area (Å²) in [6, 6.07) is 13.5. The average Bonchev–Trinajstić information content (AvgIpc) is 2.68. The predicted molar refractivity (Wildman–Crippen MR) is 102 cm³/mol. The molecule has 1 amide bonds. The van der Waals surface area contributed by atoms with Gasteiger partial charge in [-0.1, -0.05) is 18.2 Å². The first-order valence-corrected chi connectivity index (χ1v) is 10.1. The number of hydrogen-bond acceptors (Lipinski definition) is 5. The van der Waals surface area contributed by atoms with E-state index in [-0.39, 0.29) is 23.8 Å². The molecule has 8 heteroatoms. The normalized spacial score (nSPS) is 13.4. The van der Waals surface area contributed by atoms with Crippen LogP contribution in [0.25, 0.3) is 0 Å². The standard InChI is InChI=1S/C19H22N2O5S/c1-21(27(23,24)16-6-3-2-4-7-16)11-5-8-19(22)20-15-9-10-17-18(14-15)26-13-12-25-17/h2-4,6-7,9-10,14H,5,8,11-13H2,1H3,(H,20,22). The number of nitrogens with one attached hydrogen (secondary N) is 1. The van der Waals surface area contributed by atoms with Gasteiger partial charge in [-0.25, -0.2) is 12.7 Å². The molecule has 0 unspecified atom stereocenters. The molecule has 0 aliphatic carbocycles. The van der Waals surface area contributed by atoms with Gasteiger partial charge in [-0.2, -0.15) is 0 Å². The van der Waals surface area contributed by atoms with Crippen LogP contribution in [0.2, 0.25) is 0 Å². The number of hydrogen-bond donors (Lipinski definition) is 1. The van der Waals surface area contributed by atoms with Crippen molar-refractivity contribution in [3.63, 3.8) is 0 Å². The second-order valence-corrected chi connectivity index (χ2v) is 8.19. The quantitative estimate of drug-likeness (QED) is 0.785. The first-order chi connectivity index (χ1) is 13.0. The Kier molecular flexibility index (Phi) is 5.98. The summed E-state index contributed by atoms with van der Waals surface area (Å²) >= 11 is 0. The number of carbonyl (C=O) groups excluding carboxylic acids is 1. The Labute approximate surface area is 158 Å². The van der Waals surface area contributed by atoms with E-state index in [1.54, 1.807) is 48.5 Å². The van der Waals surface area contributed by atoms with Crippen molar-refractivity contribution in [2.24, 2.45) is 0 Å². The lowest BCUT2D eigenvalue weighted by atomic mass is 10.2. The maximum atomic E-state index is 12.4. The lowest BCUT2D eigenvalue weighted by molar-refractivity contribution is -0.116. The summed E-state index contributed by atoms with van der Waals surface area (Å²) in [4.78, 5) is 12.4. The van der Waals surface area contributed by atoms with Crippen LogP contribution in [0.5, 0.6) is 11.5 Å². The van der Waals surface area contributed by atoms with Gasteiger partial charge in [0.05, 0.1) is 4.90 Å². The number of rotatable bonds is 7. The molecule has 0 spiro atoms. The smallest absolute Gasteiger partial charge is 0.242 e. The number of carbonyl (C=O) groups is 1. The number of benzene rings is 2. The van der Waals surface area contributed by atoms with Crippen LogP contribution >= 0.6 is 0 Å². The number of sulfonamides is 1. The fourth-order valence-electron chi connectivity index (χ4n) is 2.70. The summed E-state index contributed by atoms with van der Waals surface area (Å²) in [6.07, 6.45) is 0.627. The van der Waals surface area contributed by atoms with Crippen molar-refractivity contribution in [3.05, 3.63) is 48.5 Å². The van der Waals surface area contributed by atoms with Crippen molar-refractivity contribution in [2.75, 3.05) is 32.1 Å². The van der Waals surface area contributed by atoms with Crippen LogP contribution in [0.3, 0.4) is 0 Å². The molecule has 0 atom stereocenters. The molecule has 0 bridgehead atoms. The van der Waals surface area contributed by atoms with Crippen LogP contribution < -0.4 is 14.8 Å². The summed E-state index contributed by atoms with van der Waals surface area (Å²) in [5.41, 5.74) is 0.620. The van der Waals surface area contributed by atoms with Gasteiger partial charge in [0, 0.05) is 31.8 Å². The molecule has 1 heterocycles. The Morgan fingerprint density at radius 1 is 1.07 bits per heavy atom. The van der Waals surface area contributed by atoms with Gasteiger partial charge in [0.15, 0.2) is 11.5 Å². The number of nitrogens with zero attached hydrogens (tertiary/aromatic N) is 1. The molecular formula is C19H22N2O5S. The van der Waals surface area contributed by atoms with Gasteiger partial charge in [-0.15, -0.1) is 0 Å². The second-order valence-electron chi connectivity index (χ2n) is 6.15. The highest BCUT2D eigenvalue weighted by Gasteiger charge is 2.20. The third kappa shape index (κ3) is 4.78. The van der Waals surface area contributed by atoms with Crippen molar-refractivity contribution < 1.29 is 22.7 Å². The van der Waals surface area contributed by atoms with Crippen LogP contribution in [0.15, 0.2) is 53.4 Å². The van der Waals surface area contributed by atoms with E-state index >= 15 is 0 Å². The van der Waals surface area contributed by atoms with E-state index in [2.05, 4.69) is 5.32 Å². The van der Waals surface area contributed by atoms with Crippen molar-refractivity contribution in [3.8, 4) is 11.5 Å². The van der Waals surface area contributed by atoms with E-state index in [1.807, 2.05) is 0 Å². The Morgan fingerprint density at radius 2 is 1.78 bits per heavy atom. The third-order valence-corrected chi connectivity index (χ3v) is 6.03. The van der Waals surface area contributed by atoms with E-state index in [4.69, 9.17) is 9.47 Å². The van der Waals surface area contributed by atoms with Crippen molar-refractivity contribution in [1.82, 2.24) is 4.31 Å². The molecule has 0 radical (unpaired) electrons. The van der Waals surface area contributed by atoms with Gasteiger partial charge in [-0.05, 0) is 30.7 Å². The number of amides is 1. The predicted octanol–water partition coefficient (Wildman–Crippen LogP) is 2.50. The molecule has 0 saturated heterocycles. The van der Waals surface area contributed by atoms with Crippen molar-refractivity contribution in [1.29, 1.82) is 0 Å². The van der Waals surface area contributed by atoms with Crippen LogP contribution in [0.1, 0.15) is 12.8 Å². The molecule has 7 nitrogen and oxygen atoms in total. The lowest BCUT2D eigenvalue weighted by Crippen LogP contribution is -2.28. The van der Waals surface area contributed by atoms with E-state index in [9.17, 15) is 13.2 Å². The molecule has 1 aliphatic heterocycles. The zero-order chi connectivity index (χ0) is 19.3. The molecule has 0 saturated carbocycles. The van der Waals surface area contributed by atoms with Gasteiger partial charge in [0.1, 0.15) is 13.2 Å². The highest BCUT2D eigenvalue weighted by atomic mass is 32.2. The minimum absolute atomic E-state index is 0.183. The van der Waals surface area contributed by atoms with Gasteiger partial charge in [-0.3, -0.25) is 4.79 Å². The largest absolute Gasteiger partial charge is 0.486 e. The molecular weight excluding hydrogens is 368 g/mol. The highest BCUT2D eigenvalue weighted by molar-refractivity contribution is 7.89. The van der Waals surface area contributed by atoms with E-state index in [0.29, 0.717) is 36.8 Å². The fraction of sp³-hybridized carbons (Fsp3) is 0.316. The SMILES string of the molecule is CN(CCCC(=O)Nc1ccc2c(c1)OCCO2)S(=O)(=O)c1ccccc1. The topological polar surface area (TPSA) is 84.9 Å². The summed E-state index contributed by atoms with van der Waals surface area (Å²) < 4.78 is 37.1. The minimum atomic E-state index is -3.53. The van der Waals surface area contributed by atoms with Gasteiger partial charge in [0.25, 0.3) is 0 Å². The van der Waals surface area contributed by atoms with Crippen molar-refractivity contribution >= 4 is 21.6 Å². The lowest BCUT2D eigenvalue weighted by Gasteiger charge is -2.19. The number of fused-ring (bicyclic) bond motifs is 1. The second kappa shape index (κ2) is 8.41. The first-order valence-electron chi connectivity index (χ1n) is 8.68. The molecule has 1 aliphatic rings. The Bertz CT molecular complexity index is 900. The zero-order valence-corrected chi connectivity index (χ0v) is 15.9. The zero-order valence-electron chi connectivity index (χ0n) is 15.1.